The Balaban J connectivity index is 2.23. The molecular formula is C15H9BrF4N2O2S. The number of amides is 1. The van der Waals surface area contributed by atoms with E-state index in [1.165, 1.54) is 0 Å². The van der Waals surface area contributed by atoms with Crippen molar-refractivity contribution in [3.63, 3.8) is 0 Å². The SMILES string of the molecule is COc1c(F)c(F)c(C(=O)NC(=S)Nc2ccc(Br)cc2)c(F)c1F. The van der Waals surface area contributed by atoms with Crippen molar-refractivity contribution >= 4 is 44.9 Å². The predicted molar refractivity (Wildman–Crippen MR) is 90.7 cm³/mol. The van der Waals surface area contributed by atoms with Gasteiger partial charge in [0.1, 0.15) is 5.56 Å². The lowest BCUT2D eigenvalue weighted by Crippen LogP contribution is -2.35. The summed E-state index contributed by atoms with van der Waals surface area (Å²) < 4.78 is 60.1. The molecule has 2 N–H and O–H groups in total. The van der Waals surface area contributed by atoms with Crippen LogP contribution in [0.15, 0.2) is 28.7 Å². The summed E-state index contributed by atoms with van der Waals surface area (Å²) >= 11 is 8.06. The van der Waals surface area contributed by atoms with E-state index in [2.05, 4.69) is 26.0 Å². The zero-order valence-corrected chi connectivity index (χ0v) is 14.8. The molecule has 2 aromatic rings. The highest BCUT2D eigenvalue weighted by atomic mass is 79.9. The van der Waals surface area contributed by atoms with Crippen LogP contribution in [0.1, 0.15) is 10.4 Å². The van der Waals surface area contributed by atoms with Crippen LogP contribution in [0.25, 0.3) is 0 Å². The summed E-state index contributed by atoms with van der Waals surface area (Å²) in [5.74, 6) is -10.1. The first-order valence-electron chi connectivity index (χ1n) is 6.54. The van der Waals surface area contributed by atoms with Gasteiger partial charge in [0, 0.05) is 10.2 Å². The van der Waals surface area contributed by atoms with Crippen LogP contribution in [0.2, 0.25) is 0 Å². The summed E-state index contributed by atoms with van der Waals surface area (Å²) in [5, 5.41) is 4.21. The highest BCUT2D eigenvalue weighted by Crippen LogP contribution is 2.29. The van der Waals surface area contributed by atoms with E-state index in [1.807, 2.05) is 5.32 Å². The average Bonchev–Trinajstić information content (AvgIpc) is 2.56. The maximum atomic E-state index is 13.9. The van der Waals surface area contributed by atoms with Crippen molar-refractivity contribution in [2.24, 2.45) is 0 Å². The summed E-state index contributed by atoms with van der Waals surface area (Å²) in [5.41, 5.74) is -0.975. The summed E-state index contributed by atoms with van der Waals surface area (Å²) in [7, 11) is 0.831. The molecule has 0 aliphatic carbocycles. The predicted octanol–water partition coefficient (Wildman–Crippen LogP) is 4.14. The molecule has 2 rings (SSSR count). The van der Waals surface area contributed by atoms with E-state index in [0.29, 0.717) is 5.69 Å². The van der Waals surface area contributed by atoms with Crippen molar-refractivity contribution in [2.75, 3.05) is 12.4 Å². The summed E-state index contributed by atoms with van der Waals surface area (Å²) in [6.07, 6.45) is 0. The van der Waals surface area contributed by atoms with Gasteiger partial charge in [-0.3, -0.25) is 10.1 Å². The fraction of sp³-hybridized carbons (Fsp3) is 0.0667. The number of anilines is 1. The van der Waals surface area contributed by atoms with Crippen LogP contribution in [0.4, 0.5) is 23.2 Å². The van der Waals surface area contributed by atoms with E-state index >= 15 is 0 Å². The Morgan fingerprint density at radius 2 is 1.56 bits per heavy atom. The number of hydrogen-bond donors (Lipinski definition) is 2. The second kappa shape index (κ2) is 7.79. The zero-order valence-electron chi connectivity index (χ0n) is 12.4. The molecule has 2 aromatic carbocycles. The lowest BCUT2D eigenvalue weighted by Gasteiger charge is -2.12. The Morgan fingerprint density at radius 1 is 1.04 bits per heavy atom. The molecule has 0 spiro atoms. The number of benzene rings is 2. The molecule has 1 amide bonds. The number of hydrogen-bond acceptors (Lipinski definition) is 3. The van der Waals surface area contributed by atoms with E-state index < -0.39 is 40.5 Å². The normalized spacial score (nSPS) is 10.3. The third kappa shape index (κ3) is 4.07. The topological polar surface area (TPSA) is 50.4 Å². The van der Waals surface area contributed by atoms with Gasteiger partial charge >= 0.3 is 0 Å². The molecule has 0 unspecified atom stereocenters. The molecule has 0 saturated heterocycles. The summed E-state index contributed by atoms with van der Waals surface area (Å²) in [6.45, 7) is 0. The van der Waals surface area contributed by atoms with Crippen molar-refractivity contribution in [1.29, 1.82) is 0 Å². The highest BCUT2D eigenvalue weighted by Gasteiger charge is 2.30. The third-order valence-electron chi connectivity index (χ3n) is 2.98. The minimum Gasteiger partial charge on any atom is -0.491 e. The number of rotatable bonds is 3. The van der Waals surface area contributed by atoms with Crippen LogP contribution in [0, 0.1) is 23.3 Å². The van der Waals surface area contributed by atoms with Gasteiger partial charge in [0.2, 0.25) is 11.6 Å². The fourth-order valence-electron chi connectivity index (χ4n) is 1.85. The van der Waals surface area contributed by atoms with Crippen LogP contribution in [-0.2, 0) is 0 Å². The zero-order chi connectivity index (χ0) is 18.7. The van der Waals surface area contributed by atoms with Gasteiger partial charge in [0.05, 0.1) is 7.11 Å². The van der Waals surface area contributed by atoms with Crippen LogP contribution < -0.4 is 15.4 Å². The Morgan fingerprint density at radius 3 is 2.04 bits per heavy atom. The third-order valence-corrected chi connectivity index (χ3v) is 3.72. The second-order valence-electron chi connectivity index (χ2n) is 4.58. The van der Waals surface area contributed by atoms with Crippen LogP contribution >= 0.6 is 28.1 Å². The van der Waals surface area contributed by atoms with Crippen molar-refractivity contribution in [3.8, 4) is 5.75 Å². The molecule has 0 atom stereocenters. The van der Waals surface area contributed by atoms with E-state index in [4.69, 9.17) is 12.2 Å². The van der Waals surface area contributed by atoms with Crippen molar-refractivity contribution in [1.82, 2.24) is 5.32 Å². The standard InChI is InChI=1S/C15H9BrF4N2O2S/c1-24-13-11(19)9(17)8(10(18)12(13)20)14(23)22-15(25)21-7-4-2-6(16)3-5-7/h2-5H,1H3,(H2,21,22,23,25). The Hall–Kier alpha value is -2.20. The molecule has 0 saturated carbocycles. The maximum Gasteiger partial charge on any atom is 0.263 e. The molecule has 0 aromatic heterocycles. The summed E-state index contributed by atoms with van der Waals surface area (Å²) in [6, 6.07) is 6.58. The smallest absolute Gasteiger partial charge is 0.263 e. The quantitative estimate of drug-likeness (QED) is 0.431. The minimum absolute atomic E-state index is 0.317. The molecule has 0 heterocycles. The van der Waals surface area contributed by atoms with Gasteiger partial charge in [-0.1, -0.05) is 15.9 Å². The van der Waals surface area contributed by atoms with Crippen molar-refractivity contribution in [3.05, 3.63) is 57.6 Å². The molecule has 0 bridgehead atoms. The first-order chi connectivity index (χ1) is 11.8. The number of carbonyl (C=O) groups excluding carboxylic acids is 1. The van der Waals surface area contributed by atoms with Crippen molar-refractivity contribution < 1.29 is 27.1 Å². The molecule has 4 nitrogen and oxygen atoms in total. The molecule has 25 heavy (non-hydrogen) atoms. The minimum atomic E-state index is -1.89. The van der Waals surface area contributed by atoms with E-state index in [-0.39, 0.29) is 5.11 Å². The monoisotopic (exact) mass is 436 g/mol. The Kier molecular flexibility index (Phi) is 5.96. The first kappa shape index (κ1) is 19.1. The number of nitrogens with one attached hydrogen (secondary N) is 2. The maximum absolute atomic E-state index is 13.9. The Bertz CT molecular complexity index is 817. The molecule has 0 aliphatic heterocycles. The largest absolute Gasteiger partial charge is 0.491 e. The number of thiocarbonyl (C=S) groups is 1. The first-order valence-corrected chi connectivity index (χ1v) is 7.74. The van der Waals surface area contributed by atoms with Gasteiger partial charge in [-0.15, -0.1) is 0 Å². The number of halogens is 5. The highest BCUT2D eigenvalue weighted by molar-refractivity contribution is 9.10. The second-order valence-corrected chi connectivity index (χ2v) is 5.90. The Labute approximate surface area is 153 Å². The van der Waals surface area contributed by atoms with E-state index in [1.54, 1.807) is 24.3 Å². The van der Waals surface area contributed by atoms with Crippen LogP contribution in [-0.4, -0.2) is 18.1 Å². The van der Waals surface area contributed by atoms with Gasteiger partial charge in [-0.2, -0.15) is 8.78 Å². The van der Waals surface area contributed by atoms with Gasteiger partial charge in [0.15, 0.2) is 22.5 Å². The number of ether oxygens (including phenoxy) is 1. The molecule has 0 aliphatic rings. The molecule has 0 radical (unpaired) electrons. The van der Waals surface area contributed by atoms with Crippen LogP contribution in [0.3, 0.4) is 0 Å². The molecular weight excluding hydrogens is 428 g/mol. The van der Waals surface area contributed by atoms with E-state index in [0.717, 1.165) is 11.6 Å². The van der Waals surface area contributed by atoms with Gasteiger partial charge in [-0.05, 0) is 36.5 Å². The average molecular weight is 437 g/mol. The lowest BCUT2D eigenvalue weighted by atomic mass is 10.1. The van der Waals surface area contributed by atoms with Crippen molar-refractivity contribution in [2.45, 2.75) is 0 Å². The molecule has 10 heteroatoms. The lowest BCUT2D eigenvalue weighted by molar-refractivity contribution is 0.0966. The van der Waals surface area contributed by atoms with Gasteiger partial charge in [-0.25, -0.2) is 8.78 Å². The van der Waals surface area contributed by atoms with Crippen LogP contribution in [0.5, 0.6) is 5.75 Å². The van der Waals surface area contributed by atoms with Gasteiger partial charge < -0.3 is 10.1 Å². The fourth-order valence-corrected chi connectivity index (χ4v) is 2.33. The van der Waals surface area contributed by atoms with E-state index in [9.17, 15) is 22.4 Å². The number of carbonyl (C=O) groups is 1. The van der Waals surface area contributed by atoms with Gasteiger partial charge in [0.25, 0.3) is 5.91 Å². The molecule has 132 valence electrons. The number of methoxy groups -OCH3 is 1. The summed E-state index contributed by atoms with van der Waals surface area (Å²) in [4.78, 5) is 11.9. The molecule has 0 fully saturated rings.